The van der Waals surface area contributed by atoms with Gasteiger partial charge in [0.25, 0.3) is 0 Å². The number of anilines is 2. The Bertz CT molecular complexity index is 335. The molecule has 1 aliphatic rings. The van der Waals surface area contributed by atoms with Gasteiger partial charge in [-0.1, -0.05) is 13.8 Å². The molecular formula is C10H16N4. The maximum atomic E-state index is 5.54. The van der Waals surface area contributed by atoms with Crippen molar-refractivity contribution in [2.24, 2.45) is 5.41 Å². The van der Waals surface area contributed by atoms with Crippen molar-refractivity contribution >= 4 is 11.8 Å². The molecule has 0 atom stereocenters. The molecule has 4 nitrogen and oxygen atoms in total. The highest BCUT2D eigenvalue weighted by Crippen LogP contribution is 2.31. The Hall–Kier alpha value is -1.32. The van der Waals surface area contributed by atoms with E-state index < -0.39 is 0 Å². The van der Waals surface area contributed by atoms with Crippen molar-refractivity contribution in [3.63, 3.8) is 0 Å². The standard InChI is InChI=1S/C10H16N4/c1-10(2)4-6-14(7-10)8-3-5-12-9(11)13-8/h3,5H,4,6-7H2,1-2H3,(H2,11,12,13). The molecule has 1 aromatic rings. The smallest absolute Gasteiger partial charge is 0.221 e. The minimum atomic E-state index is 0.354. The Morgan fingerprint density at radius 1 is 1.50 bits per heavy atom. The second kappa shape index (κ2) is 3.12. The Kier molecular flexibility index (Phi) is 2.06. The number of rotatable bonds is 1. The molecule has 1 aromatic heterocycles. The summed E-state index contributed by atoms with van der Waals surface area (Å²) in [7, 11) is 0. The Labute approximate surface area is 84.2 Å². The Morgan fingerprint density at radius 2 is 2.29 bits per heavy atom. The average molecular weight is 192 g/mol. The maximum absolute atomic E-state index is 5.54. The lowest BCUT2D eigenvalue weighted by atomic mass is 9.93. The van der Waals surface area contributed by atoms with Gasteiger partial charge < -0.3 is 10.6 Å². The molecule has 0 spiro atoms. The molecule has 0 radical (unpaired) electrons. The van der Waals surface area contributed by atoms with Crippen LogP contribution in [0.1, 0.15) is 20.3 Å². The molecule has 2 heterocycles. The van der Waals surface area contributed by atoms with Gasteiger partial charge >= 0.3 is 0 Å². The topological polar surface area (TPSA) is 55.0 Å². The molecular weight excluding hydrogens is 176 g/mol. The highest BCUT2D eigenvalue weighted by Gasteiger charge is 2.29. The lowest BCUT2D eigenvalue weighted by Crippen LogP contribution is -2.23. The molecule has 0 amide bonds. The first-order valence-corrected chi connectivity index (χ1v) is 4.90. The molecule has 4 heteroatoms. The van der Waals surface area contributed by atoms with Gasteiger partial charge in [0.1, 0.15) is 5.82 Å². The van der Waals surface area contributed by atoms with Crippen LogP contribution in [0.4, 0.5) is 11.8 Å². The summed E-state index contributed by atoms with van der Waals surface area (Å²) in [6.07, 6.45) is 2.92. The SMILES string of the molecule is CC1(C)CCN(c2ccnc(N)n2)C1. The fraction of sp³-hybridized carbons (Fsp3) is 0.600. The zero-order valence-electron chi connectivity index (χ0n) is 8.70. The number of nitrogen functional groups attached to an aromatic ring is 1. The van der Waals surface area contributed by atoms with Crippen molar-refractivity contribution in [1.29, 1.82) is 0 Å². The summed E-state index contributed by atoms with van der Waals surface area (Å²) in [5, 5.41) is 0. The highest BCUT2D eigenvalue weighted by atomic mass is 15.2. The van der Waals surface area contributed by atoms with Crippen LogP contribution in [0.25, 0.3) is 0 Å². The second-order valence-electron chi connectivity index (χ2n) is 4.61. The second-order valence-corrected chi connectivity index (χ2v) is 4.61. The fourth-order valence-corrected chi connectivity index (χ4v) is 1.85. The van der Waals surface area contributed by atoms with Crippen LogP contribution in [0.15, 0.2) is 12.3 Å². The maximum Gasteiger partial charge on any atom is 0.221 e. The molecule has 0 unspecified atom stereocenters. The van der Waals surface area contributed by atoms with E-state index in [-0.39, 0.29) is 0 Å². The number of nitrogens with two attached hydrogens (primary N) is 1. The van der Waals surface area contributed by atoms with E-state index >= 15 is 0 Å². The molecule has 2 N–H and O–H groups in total. The van der Waals surface area contributed by atoms with Gasteiger partial charge in [0.15, 0.2) is 0 Å². The number of hydrogen-bond acceptors (Lipinski definition) is 4. The van der Waals surface area contributed by atoms with Crippen molar-refractivity contribution in [3.8, 4) is 0 Å². The lowest BCUT2D eigenvalue weighted by molar-refractivity contribution is 0.418. The van der Waals surface area contributed by atoms with Crippen molar-refractivity contribution in [2.45, 2.75) is 20.3 Å². The predicted molar refractivity (Wildman–Crippen MR) is 57.1 cm³/mol. The van der Waals surface area contributed by atoms with Gasteiger partial charge in [-0.3, -0.25) is 0 Å². The minimum absolute atomic E-state index is 0.354. The van der Waals surface area contributed by atoms with Gasteiger partial charge in [-0.25, -0.2) is 4.98 Å². The highest BCUT2D eigenvalue weighted by molar-refractivity contribution is 5.42. The van der Waals surface area contributed by atoms with E-state index in [1.165, 1.54) is 6.42 Å². The van der Waals surface area contributed by atoms with E-state index in [0.29, 0.717) is 11.4 Å². The summed E-state index contributed by atoms with van der Waals surface area (Å²) in [6.45, 7) is 6.65. The number of hydrogen-bond donors (Lipinski definition) is 1. The van der Waals surface area contributed by atoms with Gasteiger partial charge in [0.2, 0.25) is 5.95 Å². The van der Waals surface area contributed by atoms with Crippen molar-refractivity contribution in [1.82, 2.24) is 9.97 Å². The molecule has 0 bridgehead atoms. The lowest BCUT2D eigenvalue weighted by Gasteiger charge is -2.20. The van der Waals surface area contributed by atoms with E-state index in [0.717, 1.165) is 18.9 Å². The first-order valence-electron chi connectivity index (χ1n) is 4.90. The zero-order valence-corrected chi connectivity index (χ0v) is 8.70. The first kappa shape index (κ1) is 9.24. The van der Waals surface area contributed by atoms with E-state index in [1.807, 2.05) is 6.07 Å². The molecule has 0 aliphatic carbocycles. The van der Waals surface area contributed by atoms with Crippen molar-refractivity contribution < 1.29 is 0 Å². The summed E-state index contributed by atoms with van der Waals surface area (Å²) in [5.74, 6) is 1.30. The predicted octanol–water partition coefficient (Wildman–Crippen LogP) is 1.30. The third kappa shape index (κ3) is 1.78. The number of nitrogens with zero attached hydrogens (tertiary/aromatic N) is 3. The summed E-state index contributed by atoms with van der Waals surface area (Å²) in [4.78, 5) is 10.4. The van der Waals surface area contributed by atoms with Crippen LogP contribution in [-0.4, -0.2) is 23.1 Å². The Balaban J connectivity index is 2.17. The van der Waals surface area contributed by atoms with Crippen LogP contribution in [0.3, 0.4) is 0 Å². The summed E-state index contributed by atoms with van der Waals surface area (Å²) < 4.78 is 0. The van der Waals surface area contributed by atoms with Crippen molar-refractivity contribution in [2.75, 3.05) is 23.7 Å². The molecule has 1 fully saturated rings. The molecule has 0 saturated carbocycles. The van der Waals surface area contributed by atoms with Gasteiger partial charge in [0.05, 0.1) is 0 Å². The summed E-state index contributed by atoms with van der Waals surface area (Å²) >= 11 is 0. The fourth-order valence-electron chi connectivity index (χ4n) is 1.85. The van der Waals surface area contributed by atoms with Crippen LogP contribution in [0.5, 0.6) is 0 Å². The van der Waals surface area contributed by atoms with E-state index in [1.54, 1.807) is 6.20 Å². The minimum Gasteiger partial charge on any atom is -0.368 e. The Morgan fingerprint density at radius 3 is 2.86 bits per heavy atom. The molecule has 1 saturated heterocycles. The molecule has 14 heavy (non-hydrogen) atoms. The van der Waals surface area contributed by atoms with Gasteiger partial charge in [-0.05, 0) is 17.9 Å². The number of aromatic nitrogens is 2. The van der Waals surface area contributed by atoms with Gasteiger partial charge in [-0.15, -0.1) is 0 Å². The summed E-state index contributed by atoms with van der Waals surface area (Å²) in [6, 6.07) is 1.91. The molecule has 1 aliphatic heterocycles. The van der Waals surface area contributed by atoms with Crippen LogP contribution in [0.2, 0.25) is 0 Å². The van der Waals surface area contributed by atoms with E-state index in [9.17, 15) is 0 Å². The molecule has 2 rings (SSSR count). The van der Waals surface area contributed by atoms with Crippen LogP contribution < -0.4 is 10.6 Å². The molecule has 0 aromatic carbocycles. The van der Waals surface area contributed by atoms with Crippen LogP contribution in [0, 0.1) is 5.41 Å². The van der Waals surface area contributed by atoms with Crippen molar-refractivity contribution in [3.05, 3.63) is 12.3 Å². The third-order valence-electron chi connectivity index (χ3n) is 2.66. The van der Waals surface area contributed by atoms with Crippen LogP contribution >= 0.6 is 0 Å². The zero-order chi connectivity index (χ0) is 10.2. The van der Waals surface area contributed by atoms with Gasteiger partial charge in [-0.2, -0.15) is 4.98 Å². The quantitative estimate of drug-likeness (QED) is 0.728. The molecule has 76 valence electrons. The normalized spacial score (nSPS) is 20.0. The first-order chi connectivity index (χ1) is 6.57. The largest absolute Gasteiger partial charge is 0.368 e. The van der Waals surface area contributed by atoms with E-state index in [2.05, 4.69) is 28.7 Å². The van der Waals surface area contributed by atoms with E-state index in [4.69, 9.17) is 5.73 Å². The monoisotopic (exact) mass is 192 g/mol. The summed E-state index contributed by atoms with van der Waals surface area (Å²) in [5.41, 5.74) is 5.93. The third-order valence-corrected chi connectivity index (χ3v) is 2.66. The van der Waals surface area contributed by atoms with Gasteiger partial charge in [0, 0.05) is 19.3 Å². The van der Waals surface area contributed by atoms with Crippen LogP contribution in [-0.2, 0) is 0 Å². The average Bonchev–Trinajstić information content (AvgIpc) is 2.46.